The highest BCUT2D eigenvalue weighted by molar-refractivity contribution is 6.16. The van der Waals surface area contributed by atoms with Crippen molar-refractivity contribution in [2.24, 2.45) is 23.4 Å². The molecule has 2 saturated carbocycles. The van der Waals surface area contributed by atoms with Gasteiger partial charge >= 0.3 is 0 Å². The van der Waals surface area contributed by atoms with Crippen molar-refractivity contribution in [2.45, 2.75) is 44.6 Å². The van der Waals surface area contributed by atoms with Gasteiger partial charge in [-0.1, -0.05) is 37.3 Å². The van der Waals surface area contributed by atoms with Gasteiger partial charge < -0.3 is 4.90 Å². The third kappa shape index (κ3) is 4.08. The maximum Gasteiger partial charge on any atom is 0.256 e. The predicted octanol–water partition coefficient (Wildman–Crippen LogP) is 4.66. The lowest BCUT2D eigenvalue weighted by molar-refractivity contribution is -0.135. The number of amidine groups is 1. The number of hydrogen-bond acceptors (Lipinski definition) is 4. The third-order valence-electron chi connectivity index (χ3n) is 9.02. The summed E-state index contributed by atoms with van der Waals surface area (Å²) in [4.78, 5) is 34.7. The molecule has 0 radical (unpaired) electrons. The van der Waals surface area contributed by atoms with Crippen LogP contribution in [0.3, 0.4) is 0 Å². The van der Waals surface area contributed by atoms with E-state index >= 15 is 4.39 Å². The van der Waals surface area contributed by atoms with Crippen molar-refractivity contribution in [3.05, 3.63) is 66.1 Å². The Morgan fingerprint density at radius 1 is 1.03 bits per heavy atom. The number of carbonyl (C=O) groups excluding carboxylic acids is 2. The average molecular weight is 526 g/mol. The van der Waals surface area contributed by atoms with Crippen molar-refractivity contribution in [2.75, 3.05) is 19.6 Å². The Labute approximate surface area is 227 Å². The van der Waals surface area contributed by atoms with Crippen molar-refractivity contribution >= 4 is 17.6 Å². The van der Waals surface area contributed by atoms with Crippen molar-refractivity contribution in [1.82, 2.24) is 19.6 Å². The van der Waals surface area contributed by atoms with Gasteiger partial charge in [-0.25, -0.2) is 4.39 Å². The summed E-state index contributed by atoms with van der Waals surface area (Å²) in [5.41, 5.74) is 3.19. The molecule has 8 heteroatoms. The molecule has 1 aromatic heterocycles. The molecule has 3 aromatic rings. The Bertz CT molecular complexity index is 1520. The first-order valence-electron chi connectivity index (χ1n) is 13.9. The molecule has 3 heterocycles. The number of rotatable bonds is 6. The summed E-state index contributed by atoms with van der Waals surface area (Å²) in [6, 6.07) is 15.1. The number of halogens is 1. The third-order valence-corrected chi connectivity index (χ3v) is 9.02. The number of hydrogen-bond donors (Lipinski definition) is 0. The van der Waals surface area contributed by atoms with E-state index < -0.39 is 5.54 Å². The molecule has 2 amide bonds. The minimum atomic E-state index is -0.711. The van der Waals surface area contributed by atoms with Crippen LogP contribution >= 0.6 is 0 Å². The summed E-state index contributed by atoms with van der Waals surface area (Å²) in [5.74, 6) is 0.431. The van der Waals surface area contributed by atoms with E-state index in [0.717, 1.165) is 48.2 Å². The molecule has 4 aliphatic rings. The lowest BCUT2D eigenvalue weighted by atomic mass is 10.0. The van der Waals surface area contributed by atoms with E-state index in [1.807, 2.05) is 60.0 Å². The van der Waals surface area contributed by atoms with E-state index in [1.54, 1.807) is 17.2 Å². The molecule has 0 N–H and O–H groups in total. The smallest absolute Gasteiger partial charge is 0.256 e. The minimum Gasteiger partial charge on any atom is -0.342 e. The van der Waals surface area contributed by atoms with Gasteiger partial charge in [0, 0.05) is 38.3 Å². The number of benzene rings is 2. The highest BCUT2D eigenvalue weighted by atomic mass is 19.1. The quantitative estimate of drug-likeness (QED) is 0.470. The summed E-state index contributed by atoms with van der Waals surface area (Å²) in [7, 11) is 1.90. The zero-order valence-electron chi connectivity index (χ0n) is 22.4. The second-order valence-electron chi connectivity index (χ2n) is 12.0. The molecule has 2 aliphatic heterocycles. The SMILES string of the molecule is Cn1nccc1-c1ccc(-c2ccc(C3=NC4(CC4)C(=O)N3C[C@@H]3CCN(C(=O)C4(C)CC4)C3)c(F)c2)cc1. The Hall–Kier alpha value is -3.81. The largest absolute Gasteiger partial charge is 0.342 e. The minimum absolute atomic E-state index is 0.0225. The van der Waals surface area contributed by atoms with E-state index in [9.17, 15) is 9.59 Å². The molecular weight excluding hydrogens is 493 g/mol. The van der Waals surface area contributed by atoms with Crippen molar-refractivity contribution in [1.29, 1.82) is 0 Å². The number of nitrogens with zero attached hydrogens (tertiary/aromatic N) is 5. The van der Waals surface area contributed by atoms with E-state index in [-0.39, 0.29) is 29.0 Å². The standard InChI is InChI=1S/C31H32FN5O2/c1-30(11-12-30)28(38)36-16-10-20(18-36)19-37-27(34-31(13-14-31)29(37)39)24-8-7-23(17-25(24)32)21-3-5-22(6-4-21)26-9-15-33-35(26)2/h3-9,15,17,20H,10-14,16,18-19H2,1-2H3/t20-/m1/s1. The van der Waals surface area contributed by atoms with Crippen LogP contribution in [0, 0.1) is 17.2 Å². The van der Waals surface area contributed by atoms with E-state index in [1.165, 1.54) is 6.07 Å². The summed E-state index contributed by atoms with van der Waals surface area (Å²) in [5, 5.41) is 4.22. The Morgan fingerprint density at radius 3 is 2.38 bits per heavy atom. The first kappa shape index (κ1) is 24.2. The highest BCUT2D eigenvalue weighted by Gasteiger charge is 2.58. The maximum atomic E-state index is 15.7. The fourth-order valence-corrected chi connectivity index (χ4v) is 6.05. The number of carbonyl (C=O) groups is 2. The number of likely N-dealkylation sites (tertiary alicyclic amines) is 1. The first-order chi connectivity index (χ1) is 18.8. The second-order valence-corrected chi connectivity index (χ2v) is 12.0. The van der Waals surface area contributed by atoms with Gasteiger partial charge in [-0.3, -0.25) is 24.2 Å². The van der Waals surface area contributed by atoms with E-state index in [2.05, 4.69) is 5.10 Å². The molecule has 2 aromatic carbocycles. The number of aromatic nitrogens is 2. The van der Waals surface area contributed by atoms with Crippen LogP contribution in [0.1, 0.15) is 44.6 Å². The Kier molecular flexibility index (Phi) is 5.34. The van der Waals surface area contributed by atoms with Crippen LogP contribution in [0.5, 0.6) is 0 Å². The van der Waals surface area contributed by atoms with Crippen LogP contribution in [-0.2, 0) is 16.6 Å². The Balaban J connectivity index is 1.11. The molecule has 0 bridgehead atoms. The summed E-state index contributed by atoms with van der Waals surface area (Å²) < 4.78 is 17.5. The molecule has 7 rings (SSSR count). The van der Waals surface area contributed by atoms with Gasteiger partial charge in [0.15, 0.2) is 0 Å². The molecule has 200 valence electrons. The molecule has 2 aliphatic carbocycles. The summed E-state index contributed by atoms with van der Waals surface area (Å²) in [6.45, 7) is 3.88. The van der Waals surface area contributed by atoms with Crippen LogP contribution in [0.15, 0.2) is 59.7 Å². The lowest BCUT2D eigenvalue weighted by Crippen LogP contribution is -2.41. The van der Waals surface area contributed by atoms with Crippen LogP contribution in [-0.4, -0.2) is 62.4 Å². The van der Waals surface area contributed by atoms with Gasteiger partial charge in [-0.15, -0.1) is 0 Å². The molecular formula is C31H32FN5O2. The first-order valence-corrected chi connectivity index (χ1v) is 13.9. The second kappa shape index (κ2) is 8.60. The number of aryl methyl sites for hydroxylation is 1. The molecule has 1 saturated heterocycles. The van der Waals surface area contributed by atoms with Crippen LogP contribution in [0.4, 0.5) is 4.39 Å². The molecule has 3 fully saturated rings. The number of aliphatic imine (C=N–C) groups is 1. The maximum absolute atomic E-state index is 15.7. The average Bonchev–Trinajstić information content (AvgIpc) is 3.74. The van der Waals surface area contributed by atoms with E-state index in [0.29, 0.717) is 37.3 Å². The molecule has 0 unspecified atom stereocenters. The van der Waals surface area contributed by atoms with Gasteiger partial charge in [-0.05, 0) is 72.9 Å². The predicted molar refractivity (Wildman–Crippen MR) is 146 cm³/mol. The molecule has 1 atom stereocenters. The van der Waals surface area contributed by atoms with Crippen LogP contribution in [0.25, 0.3) is 22.4 Å². The van der Waals surface area contributed by atoms with Gasteiger partial charge in [-0.2, -0.15) is 5.10 Å². The molecule has 1 spiro atoms. The Morgan fingerprint density at radius 2 is 1.74 bits per heavy atom. The monoisotopic (exact) mass is 525 g/mol. The van der Waals surface area contributed by atoms with Gasteiger partial charge in [0.2, 0.25) is 5.91 Å². The van der Waals surface area contributed by atoms with Gasteiger partial charge in [0.1, 0.15) is 17.2 Å². The van der Waals surface area contributed by atoms with Gasteiger partial charge in [0.05, 0.1) is 11.3 Å². The van der Waals surface area contributed by atoms with Crippen molar-refractivity contribution in [3.63, 3.8) is 0 Å². The van der Waals surface area contributed by atoms with Crippen LogP contribution < -0.4 is 0 Å². The van der Waals surface area contributed by atoms with E-state index in [4.69, 9.17) is 4.99 Å². The normalized spacial score (nSPS) is 22.5. The zero-order valence-corrected chi connectivity index (χ0v) is 22.4. The van der Waals surface area contributed by atoms with Crippen LogP contribution in [0.2, 0.25) is 0 Å². The summed E-state index contributed by atoms with van der Waals surface area (Å²) in [6.07, 6.45) is 5.95. The topological polar surface area (TPSA) is 70.8 Å². The van der Waals surface area contributed by atoms with Crippen molar-refractivity contribution in [3.8, 4) is 22.4 Å². The molecule has 7 nitrogen and oxygen atoms in total. The lowest BCUT2D eigenvalue weighted by Gasteiger charge is -2.24. The summed E-state index contributed by atoms with van der Waals surface area (Å²) >= 11 is 0. The highest BCUT2D eigenvalue weighted by Crippen LogP contribution is 2.48. The van der Waals surface area contributed by atoms with Crippen molar-refractivity contribution < 1.29 is 14.0 Å². The molecule has 39 heavy (non-hydrogen) atoms. The number of amides is 2. The fourth-order valence-electron chi connectivity index (χ4n) is 6.05. The van der Waals surface area contributed by atoms with Gasteiger partial charge in [0.25, 0.3) is 5.91 Å². The fraction of sp³-hybridized carbons (Fsp3) is 0.419. The zero-order chi connectivity index (χ0) is 26.9.